The van der Waals surface area contributed by atoms with Gasteiger partial charge < -0.3 is 10.2 Å². The topological polar surface area (TPSA) is 86.8 Å². The van der Waals surface area contributed by atoms with Crippen LogP contribution in [0.5, 0.6) is 0 Å². The van der Waals surface area contributed by atoms with Gasteiger partial charge >= 0.3 is 6.18 Å². The Morgan fingerprint density at radius 1 is 0.804 bits per heavy atom. The molecular weight excluding hydrogens is 615 g/mol. The number of halogens is 3. The second kappa shape index (κ2) is 14.6. The molecule has 4 aromatic carbocycles. The maximum Gasteiger partial charge on any atom is 0.416 e. The molecule has 11 heteroatoms. The molecule has 0 heterocycles. The van der Waals surface area contributed by atoms with E-state index in [0.717, 1.165) is 23.3 Å². The van der Waals surface area contributed by atoms with Crippen molar-refractivity contribution in [1.29, 1.82) is 0 Å². The predicted molar refractivity (Wildman–Crippen MR) is 171 cm³/mol. The third-order valence-corrected chi connectivity index (χ3v) is 9.04. The highest BCUT2D eigenvalue weighted by atomic mass is 32.2. The van der Waals surface area contributed by atoms with Gasteiger partial charge in [-0.1, -0.05) is 84.4 Å². The largest absolute Gasteiger partial charge is 0.416 e. The lowest BCUT2D eigenvalue weighted by molar-refractivity contribution is -0.140. The molecule has 0 aliphatic heterocycles. The van der Waals surface area contributed by atoms with E-state index in [-0.39, 0.29) is 29.6 Å². The van der Waals surface area contributed by atoms with Crippen molar-refractivity contribution in [1.82, 2.24) is 10.2 Å². The molecule has 46 heavy (non-hydrogen) atoms. The van der Waals surface area contributed by atoms with E-state index >= 15 is 0 Å². The average Bonchev–Trinajstić information content (AvgIpc) is 3.02. The van der Waals surface area contributed by atoms with Crippen LogP contribution in [0.4, 0.5) is 18.9 Å². The van der Waals surface area contributed by atoms with Gasteiger partial charge in [0.05, 0.1) is 16.1 Å². The first kappa shape index (κ1) is 34.2. The van der Waals surface area contributed by atoms with Crippen LogP contribution in [0.15, 0.2) is 114 Å². The van der Waals surface area contributed by atoms with Gasteiger partial charge in [-0.25, -0.2) is 8.42 Å². The molecule has 0 bridgehead atoms. The Labute approximate surface area is 267 Å². The fraction of sp³-hybridized carbons (Fsp3) is 0.257. The Kier molecular flexibility index (Phi) is 10.9. The minimum absolute atomic E-state index is 0.0516. The first-order valence-corrected chi connectivity index (χ1v) is 16.1. The van der Waals surface area contributed by atoms with Crippen molar-refractivity contribution in [2.75, 3.05) is 10.8 Å². The van der Waals surface area contributed by atoms with Crippen molar-refractivity contribution in [3.8, 4) is 0 Å². The van der Waals surface area contributed by atoms with Gasteiger partial charge in [-0.3, -0.25) is 13.9 Å². The normalized spacial score (nSPS) is 12.4. The quantitative estimate of drug-likeness (QED) is 0.193. The number of hydrogen-bond acceptors (Lipinski definition) is 4. The zero-order chi connectivity index (χ0) is 33.5. The number of nitrogens with zero attached hydrogens (tertiary/aromatic N) is 2. The Morgan fingerprint density at radius 2 is 1.41 bits per heavy atom. The zero-order valence-corrected chi connectivity index (χ0v) is 26.6. The predicted octanol–water partition coefficient (Wildman–Crippen LogP) is 6.37. The van der Waals surface area contributed by atoms with Gasteiger partial charge in [0.25, 0.3) is 10.0 Å². The fourth-order valence-electron chi connectivity index (χ4n) is 4.91. The monoisotopic (exact) mass is 651 g/mol. The molecule has 0 fully saturated rings. The lowest BCUT2D eigenvalue weighted by Crippen LogP contribution is -2.54. The van der Waals surface area contributed by atoms with Crippen LogP contribution in [-0.4, -0.2) is 43.8 Å². The second-order valence-corrected chi connectivity index (χ2v) is 13.1. The molecule has 1 unspecified atom stereocenters. The molecule has 0 aromatic heterocycles. The van der Waals surface area contributed by atoms with Crippen molar-refractivity contribution in [3.05, 3.63) is 131 Å². The van der Waals surface area contributed by atoms with Crippen LogP contribution in [0.25, 0.3) is 0 Å². The zero-order valence-electron chi connectivity index (χ0n) is 25.7. The number of nitrogens with one attached hydrogen (secondary N) is 1. The lowest BCUT2D eigenvalue weighted by atomic mass is 10.0. The van der Waals surface area contributed by atoms with Crippen LogP contribution >= 0.6 is 0 Å². The summed E-state index contributed by atoms with van der Waals surface area (Å²) in [4.78, 5) is 29.2. The molecule has 0 aliphatic carbocycles. The number of sulfonamides is 1. The number of alkyl halides is 3. The van der Waals surface area contributed by atoms with Gasteiger partial charge in [0.15, 0.2) is 0 Å². The van der Waals surface area contributed by atoms with Gasteiger partial charge in [-0.05, 0) is 62.2 Å². The van der Waals surface area contributed by atoms with Crippen molar-refractivity contribution in [2.45, 2.75) is 56.9 Å². The number of carbonyl (C=O) groups is 2. The molecule has 4 aromatic rings. The highest BCUT2D eigenvalue weighted by molar-refractivity contribution is 7.92. The Hall–Kier alpha value is -4.64. The van der Waals surface area contributed by atoms with Gasteiger partial charge in [-0.15, -0.1) is 0 Å². The molecule has 242 valence electrons. The van der Waals surface area contributed by atoms with Gasteiger partial charge in [0, 0.05) is 19.0 Å². The number of hydrogen-bond donors (Lipinski definition) is 1. The lowest BCUT2D eigenvalue weighted by Gasteiger charge is -2.34. The van der Waals surface area contributed by atoms with Gasteiger partial charge in [0.2, 0.25) is 11.8 Å². The van der Waals surface area contributed by atoms with Crippen LogP contribution in [-0.2, 0) is 38.8 Å². The van der Waals surface area contributed by atoms with Crippen LogP contribution in [0.2, 0.25) is 0 Å². The van der Waals surface area contributed by atoms with E-state index in [4.69, 9.17) is 0 Å². The molecule has 4 rings (SSSR count). The summed E-state index contributed by atoms with van der Waals surface area (Å²) in [6.45, 7) is 4.56. The molecule has 0 spiro atoms. The third kappa shape index (κ3) is 8.75. The van der Waals surface area contributed by atoms with E-state index in [9.17, 15) is 31.2 Å². The minimum atomic E-state index is -4.75. The molecule has 7 nitrogen and oxygen atoms in total. The number of aryl methyl sites for hydroxylation is 1. The summed E-state index contributed by atoms with van der Waals surface area (Å²) in [6, 6.07) is 26.1. The first-order chi connectivity index (χ1) is 21.8. The minimum Gasteiger partial charge on any atom is -0.352 e. The van der Waals surface area contributed by atoms with Crippen LogP contribution in [0.3, 0.4) is 0 Å². The summed E-state index contributed by atoms with van der Waals surface area (Å²) < 4.78 is 69.8. The number of carbonyl (C=O) groups excluding carboxylic acids is 2. The van der Waals surface area contributed by atoms with E-state index < -0.39 is 46.2 Å². The van der Waals surface area contributed by atoms with E-state index in [0.29, 0.717) is 15.9 Å². The molecule has 0 aliphatic rings. The van der Waals surface area contributed by atoms with E-state index in [2.05, 4.69) is 5.32 Å². The summed E-state index contributed by atoms with van der Waals surface area (Å²) in [5.74, 6) is -1.21. The van der Waals surface area contributed by atoms with Crippen molar-refractivity contribution in [2.24, 2.45) is 0 Å². The van der Waals surface area contributed by atoms with Crippen LogP contribution in [0, 0.1) is 6.92 Å². The van der Waals surface area contributed by atoms with Crippen molar-refractivity contribution in [3.63, 3.8) is 0 Å². The summed E-state index contributed by atoms with van der Waals surface area (Å²) in [5, 5.41) is 2.87. The number of rotatable bonds is 12. The highest BCUT2D eigenvalue weighted by Gasteiger charge is 2.36. The summed E-state index contributed by atoms with van der Waals surface area (Å²) >= 11 is 0. The van der Waals surface area contributed by atoms with E-state index in [1.54, 1.807) is 44.2 Å². The maximum absolute atomic E-state index is 14.4. The number of benzene rings is 4. The smallest absolute Gasteiger partial charge is 0.352 e. The van der Waals surface area contributed by atoms with Crippen LogP contribution < -0.4 is 9.62 Å². The molecule has 0 saturated carbocycles. The maximum atomic E-state index is 14.4. The molecule has 1 atom stereocenters. The molecule has 0 radical (unpaired) electrons. The van der Waals surface area contributed by atoms with Crippen molar-refractivity contribution < 1.29 is 31.2 Å². The van der Waals surface area contributed by atoms with E-state index in [1.807, 2.05) is 37.3 Å². The molecule has 2 amide bonds. The second-order valence-electron chi connectivity index (χ2n) is 11.2. The summed E-state index contributed by atoms with van der Waals surface area (Å²) in [7, 11) is -4.53. The number of amides is 2. The standard InChI is InChI=1S/C35H36F3N3O4S/c1-25(2)39-34(43)32(21-27-11-6-4-7-12-27)40(23-28-19-17-26(3)18-20-28)33(42)24-41(46(44,45)31-15-8-5-9-16-31)30-14-10-13-29(22-30)35(36,37)38/h4-20,22,25,32H,21,23-24H2,1-3H3,(H,39,43). The van der Waals surface area contributed by atoms with E-state index in [1.165, 1.54) is 35.2 Å². The third-order valence-electron chi connectivity index (χ3n) is 7.25. The molecule has 1 N–H and O–H groups in total. The Morgan fingerprint density at radius 3 is 2.00 bits per heavy atom. The number of anilines is 1. The van der Waals surface area contributed by atoms with Gasteiger partial charge in [-0.2, -0.15) is 13.2 Å². The van der Waals surface area contributed by atoms with Crippen molar-refractivity contribution >= 4 is 27.5 Å². The Bertz CT molecular complexity index is 1730. The van der Waals surface area contributed by atoms with Crippen LogP contribution in [0.1, 0.15) is 36.1 Å². The summed E-state index contributed by atoms with van der Waals surface area (Å²) in [5.41, 5.74) is 1.02. The SMILES string of the molecule is Cc1ccc(CN(C(=O)CN(c2cccc(C(F)(F)F)c2)S(=O)(=O)c2ccccc2)C(Cc2ccccc2)C(=O)NC(C)C)cc1. The summed E-state index contributed by atoms with van der Waals surface area (Å²) in [6.07, 6.45) is -4.64. The average molecular weight is 652 g/mol. The van der Waals surface area contributed by atoms with Gasteiger partial charge in [0.1, 0.15) is 12.6 Å². The molecule has 0 saturated heterocycles. The first-order valence-electron chi connectivity index (χ1n) is 14.7. The Balaban J connectivity index is 1.83. The fourth-order valence-corrected chi connectivity index (χ4v) is 6.34. The highest BCUT2D eigenvalue weighted by Crippen LogP contribution is 2.33. The molecular formula is C35H36F3N3O4S.